The van der Waals surface area contributed by atoms with E-state index >= 15 is 0 Å². The molecule has 0 aromatic carbocycles. The molecular weight excluding hydrogens is 154 g/mol. The highest BCUT2D eigenvalue weighted by molar-refractivity contribution is 5.34. The highest BCUT2D eigenvalue weighted by Crippen LogP contribution is 2.25. The number of hydrogen-bond donors (Lipinski definition) is 2. The van der Waals surface area contributed by atoms with E-state index in [0.29, 0.717) is 6.42 Å². The standard InChI is InChI=1S/C9H15NO2/c1-7-3-4-9(11,6-12-10)5-8(7)2/h3,5,11H,4,6,10H2,1-2H3. The second-order valence-electron chi connectivity index (χ2n) is 3.33. The normalized spacial score (nSPS) is 29.7. The van der Waals surface area contributed by atoms with Gasteiger partial charge in [-0.25, -0.2) is 5.90 Å². The first-order valence-corrected chi connectivity index (χ1v) is 3.98. The summed E-state index contributed by atoms with van der Waals surface area (Å²) >= 11 is 0. The van der Waals surface area contributed by atoms with Gasteiger partial charge < -0.3 is 9.94 Å². The average molecular weight is 169 g/mol. The van der Waals surface area contributed by atoms with Crippen LogP contribution in [0.2, 0.25) is 0 Å². The number of allylic oxidation sites excluding steroid dienone is 2. The largest absolute Gasteiger partial charge is 0.383 e. The molecule has 68 valence electrons. The van der Waals surface area contributed by atoms with Crippen LogP contribution >= 0.6 is 0 Å². The van der Waals surface area contributed by atoms with Crippen molar-refractivity contribution in [1.29, 1.82) is 0 Å². The van der Waals surface area contributed by atoms with Gasteiger partial charge in [-0.05, 0) is 25.5 Å². The fourth-order valence-corrected chi connectivity index (χ4v) is 1.31. The van der Waals surface area contributed by atoms with Crippen LogP contribution in [0.5, 0.6) is 0 Å². The zero-order chi connectivity index (χ0) is 9.19. The van der Waals surface area contributed by atoms with E-state index in [9.17, 15) is 5.11 Å². The third-order valence-corrected chi connectivity index (χ3v) is 2.20. The van der Waals surface area contributed by atoms with E-state index in [1.807, 2.05) is 19.9 Å². The molecule has 3 nitrogen and oxygen atoms in total. The van der Waals surface area contributed by atoms with Crippen molar-refractivity contribution < 1.29 is 9.94 Å². The van der Waals surface area contributed by atoms with Gasteiger partial charge in [0.25, 0.3) is 0 Å². The number of rotatable bonds is 2. The highest BCUT2D eigenvalue weighted by atomic mass is 16.6. The first kappa shape index (κ1) is 9.45. The molecule has 1 aliphatic rings. The Bertz CT molecular complexity index is 233. The lowest BCUT2D eigenvalue weighted by Gasteiger charge is -2.26. The second-order valence-corrected chi connectivity index (χ2v) is 3.33. The Labute approximate surface area is 72.5 Å². The molecular formula is C9H15NO2. The van der Waals surface area contributed by atoms with Crippen molar-refractivity contribution >= 4 is 0 Å². The van der Waals surface area contributed by atoms with Crippen LogP contribution in [-0.2, 0) is 4.84 Å². The highest BCUT2D eigenvalue weighted by Gasteiger charge is 2.26. The second kappa shape index (κ2) is 3.39. The molecule has 1 unspecified atom stereocenters. The van der Waals surface area contributed by atoms with Crippen LogP contribution in [0.4, 0.5) is 0 Å². The number of aliphatic hydroxyl groups is 1. The molecule has 0 saturated heterocycles. The van der Waals surface area contributed by atoms with Gasteiger partial charge in [0, 0.05) is 6.42 Å². The molecule has 0 spiro atoms. The van der Waals surface area contributed by atoms with Crippen molar-refractivity contribution in [3.8, 4) is 0 Å². The minimum Gasteiger partial charge on any atom is -0.383 e. The van der Waals surface area contributed by atoms with Gasteiger partial charge in [-0.15, -0.1) is 0 Å². The van der Waals surface area contributed by atoms with E-state index in [4.69, 9.17) is 5.90 Å². The Kier molecular flexibility index (Phi) is 2.67. The molecule has 3 heteroatoms. The van der Waals surface area contributed by atoms with Gasteiger partial charge in [0.05, 0.1) is 0 Å². The summed E-state index contributed by atoms with van der Waals surface area (Å²) in [5.74, 6) is 4.91. The predicted molar refractivity (Wildman–Crippen MR) is 47.2 cm³/mol. The molecule has 0 saturated carbocycles. The summed E-state index contributed by atoms with van der Waals surface area (Å²) in [6.45, 7) is 4.13. The van der Waals surface area contributed by atoms with Crippen LogP contribution in [0.25, 0.3) is 0 Å². The topological polar surface area (TPSA) is 55.5 Å². The molecule has 0 radical (unpaired) electrons. The number of nitrogens with two attached hydrogens (primary N) is 1. The lowest BCUT2D eigenvalue weighted by Crippen LogP contribution is -2.34. The maximum Gasteiger partial charge on any atom is 0.112 e. The summed E-state index contributed by atoms with van der Waals surface area (Å²) in [6.07, 6.45) is 4.37. The zero-order valence-corrected chi connectivity index (χ0v) is 7.50. The minimum absolute atomic E-state index is 0.147. The SMILES string of the molecule is CC1=CCC(O)(CON)C=C1C. The summed E-state index contributed by atoms with van der Waals surface area (Å²) in [5.41, 5.74) is 1.38. The van der Waals surface area contributed by atoms with Crippen molar-refractivity contribution in [2.75, 3.05) is 6.61 Å². The zero-order valence-electron chi connectivity index (χ0n) is 7.50. The maximum absolute atomic E-state index is 9.83. The molecule has 0 aliphatic heterocycles. The van der Waals surface area contributed by atoms with Crippen LogP contribution in [0.1, 0.15) is 20.3 Å². The van der Waals surface area contributed by atoms with Crippen molar-refractivity contribution in [1.82, 2.24) is 0 Å². The molecule has 1 aliphatic carbocycles. The third-order valence-electron chi connectivity index (χ3n) is 2.20. The van der Waals surface area contributed by atoms with Crippen LogP contribution in [-0.4, -0.2) is 17.3 Å². The van der Waals surface area contributed by atoms with Crippen LogP contribution < -0.4 is 5.90 Å². The molecule has 0 fully saturated rings. The van der Waals surface area contributed by atoms with Gasteiger partial charge >= 0.3 is 0 Å². The van der Waals surface area contributed by atoms with Crippen LogP contribution in [0.3, 0.4) is 0 Å². The molecule has 0 aromatic heterocycles. The first-order chi connectivity index (χ1) is 5.57. The third kappa shape index (κ3) is 1.94. The lowest BCUT2D eigenvalue weighted by atomic mass is 9.89. The lowest BCUT2D eigenvalue weighted by molar-refractivity contribution is -0.0135. The van der Waals surface area contributed by atoms with Gasteiger partial charge in [-0.1, -0.05) is 11.6 Å². The Morgan fingerprint density at radius 2 is 2.25 bits per heavy atom. The average Bonchev–Trinajstić information content (AvgIpc) is 1.98. The molecule has 12 heavy (non-hydrogen) atoms. The van der Waals surface area contributed by atoms with E-state index in [0.717, 1.165) is 5.57 Å². The first-order valence-electron chi connectivity index (χ1n) is 3.98. The number of hydrogen-bond acceptors (Lipinski definition) is 3. The van der Waals surface area contributed by atoms with E-state index in [-0.39, 0.29) is 6.61 Å². The van der Waals surface area contributed by atoms with Gasteiger partial charge in [-0.2, -0.15) is 0 Å². The van der Waals surface area contributed by atoms with Gasteiger partial charge in [0.15, 0.2) is 0 Å². The molecule has 0 amide bonds. The molecule has 3 N–H and O–H groups in total. The smallest absolute Gasteiger partial charge is 0.112 e. The summed E-state index contributed by atoms with van der Waals surface area (Å²) in [4.78, 5) is 4.44. The molecule has 0 heterocycles. The fraction of sp³-hybridized carbons (Fsp3) is 0.556. The Hall–Kier alpha value is -0.640. The monoisotopic (exact) mass is 169 g/mol. The van der Waals surface area contributed by atoms with E-state index in [2.05, 4.69) is 4.84 Å². The van der Waals surface area contributed by atoms with Crippen LogP contribution in [0.15, 0.2) is 23.3 Å². The fourth-order valence-electron chi connectivity index (χ4n) is 1.31. The van der Waals surface area contributed by atoms with Crippen molar-refractivity contribution in [2.24, 2.45) is 5.90 Å². The quantitative estimate of drug-likeness (QED) is 0.604. The van der Waals surface area contributed by atoms with Crippen molar-refractivity contribution in [3.05, 3.63) is 23.3 Å². The van der Waals surface area contributed by atoms with Crippen molar-refractivity contribution in [2.45, 2.75) is 25.9 Å². The summed E-state index contributed by atoms with van der Waals surface area (Å²) in [7, 11) is 0. The van der Waals surface area contributed by atoms with Gasteiger partial charge in [0.2, 0.25) is 0 Å². The van der Waals surface area contributed by atoms with Gasteiger partial charge in [-0.3, -0.25) is 0 Å². The molecule has 1 atom stereocenters. The molecule has 0 bridgehead atoms. The summed E-state index contributed by atoms with van der Waals surface area (Å²) < 4.78 is 0. The summed E-state index contributed by atoms with van der Waals surface area (Å²) in [5, 5.41) is 9.83. The van der Waals surface area contributed by atoms with E-state index in [1.54, 1.807) is 6.08 Å². The van der Waals surface area contributed by atoms with Gasteiger partial charge in [0.1, 0.15) is 12.2 Å². The van der Waals surface area contributed by atoms with E-state index in [1.165, 1.54) is 5.57 Å². The molecule has 0 aromatic rings. The minimum atomic E-state index is -0.904. The summed E-state index contributed by atoms with van der Waals surface area (Å²) in [6, 6.07) is 0. The predicted octanol–water partition coefficient (Wildman–Crippen LogP) is 0.904. The maximum atomic E-state index is 9.83. The van der Waals surface area contributed by atoms with E-state index < -0.39 is 5.60 Å². The Morgan fingerprint density at radius 1 is 1.58 bits per heavy atom. The van der Waals surface area contributed by atoms with Crippen LogP contribution in [0, 0.1) is 0 Å². The Morgan fingerprint density at radius 3 is 2.75 bits per heavy atom. The molecule has 1 rings (SSSR count). The van der Waals surface area contributed by atoms with Crippen molar-refractivity contribution in [3.63, 3.8) is 0 Å². The Balaban J connectivity index is 2.75.